The van der Waals surface area contributed by atoms with Gasteiger partial charge >= 0.3 is 0 Å². The van der Waals surface area contributed by atoms with Gasteiger partial charge in [0.2, 0.25) is 0 Å². The third kappa shape index (κ3) is 2.20. The molecule has 0 radical (unpaired) electrons. The second-order valence-electron chi connectivity index (χ2n) is 4.69. The van der Waals surface area contributed by atoms with Crippen molar-refractivity contribution in [2.45, 2.75) is 38.6 Å². The van der Waals surface area contributed by atoms with E-state index in [-0.39, 0.29) is 5.54 Å². The summed E-state index contributed by atoms with van der Waals surface area (Å²) < 4.78 is 0. The maximum Gasteiger partial charge on any atom is 0.0272 e. The van der Waals surface area contributed by atoms with E-state index in [4.69, 9.17) is 5.73 Å². The number of rotatable bonds is 4. The molecule has 0 aromatic carbocycles. The van der Waals surface area contributed by atoms with Crippen molar-refractivity contribution in [2.24, 2.45) is 11.7 Å². The molecular weight excluding hydrogens is 148 g/mol. The standard InChI is InChI=1S/C10H22N2/c1-10(2,8-11)12(3)7-9-5-4-6-9/h9H,4-8,11H2,1-3H3. The second kappa shape index (κ2) is 3.75. The monoisotopic (exact) mass is 170 g/mol. The highest BCUT2D eigenvalue weighted by Crippen LogP contribution is 2.28. The number of hydrogen-bond acceptors (Lipinski definition) is 2. The SMILES string of the molecule is CN(CC1CCC1)C(C)(C)CN. The van der Waals surface area contributed by atoms with E-state index in [0.717, 1.165) is 12.5 Å². The lowest BCUT2D eigenvalue weighted by atomic mass is 9.84. The number of nitrogens with two attached hydrogens (primary N) is 1. The summed E-state index contributed by atoms with van der Waals surface area (Å²) in [4.78, 5) is 2.40. The minimum absolute atomic E-state index is 0.176. The summed E-state index contributed by atoms with van der Waals surface area (Å²) in [6.07, 6.45) is 4.28. The summed E-state index contributed by atoms with van der Waals surface area (Å²) >= 11 is 0. The van der Waals surface area contributed by atoms with Crippen molar-refractivity contribution in [3.8, 4) is 0 Å². The van der Waals surface area contributed by atoms with Crippen LogP contribution in [0.4, 0.5) is 0 Å². The normalized spacial score (nSPS) is 19.8. The Morgan fingerprint density at radius 3 is 2.33 bits per heavy atom. The second-order valence-corrected chi connectivity index (χ2v) is 4.69. The van der Waals surface area contributed by atoms with Crippen LogP contribution in [0, 0.1) is 5.92 Å². The van der Waals surface area contributed by atoms with Gasteiger partial charge < -0.3 is 5.73 Å². The van der Waals surface area contributed by atoms with Crippen molar-refractivity contribution in [1.82, 2.24) is 4.90 Å². The number of nitrogens with zero attached hydrogens (tertiary/aromatic N) is 1. The van der Waals surface area contributed by atoms with Crippen molar-refractivity contribution >= 4 is 0 Å². The van der Waals surface area contributed by atoms with Crippen LogP contribution in [0.3, 0.4) is 0 Å². The summed E-state index contributed by atoms with van der Waals surface area (Å²) in [7, 11) is 2.19. The zero-order valence-electron chi connectivity index (χ0n) is 8.64. The fourth-order valence-electron chi connectivity index (χ4n) is 1.47. The van der Waals surface area contributed by atoms with E-state index in [1.807, 2.05) is 0 Å². The molecule has 1 aliphatic carbocycles. The van der Waals surface area contributed by atoms with Gasteiger partial charge in [0, 0.05) is 18.6 Å². The van der Waals surface area contributed by atoms with Gasteiger partial charge in [0.15, 0.2) is 0 Å². The van der Waals surface area contributed by atoms with Crippen LogP contribution in [0.1, 0.15) is 33.1 Å². The Morgan fingerprint density at radius 2 is 2.00 bits per heavy atom. The Kier molecular flexibility index (Phi) is 3.13. The van der Waals surface area contributed by atoms with Gasteiger partial charge in [0.25, 0.3) is 0 Å². The molecule has 0 spiro atoms. The van der Waals surface area contributed by atoms with Gasteiger partial charge in [-0.25, -0.2) is 0 Å². The first kappa shape index (κ1) is 10.0. The van der Waals surface area contributed by atoms with Crippen LogP contribution in [0.5, 0.6) is 0 Å². The first-order chi connectivity index (χ1) is 5.56. The molecule has 0 saturated heterocycles. The van der Waals surface area contributed by atoms with Gasteiger partial charge in [-0.15, -0.1) is 0 Å². The van der Waals surface area contributed by atoms with E-state index >= 15 is 0 Å². The van der Waals surface area contributed by atoms with Crippen LogP contribution in [0.2, 0.25) is 0 Å². The van der Waals surface area contributed by atoms with Gasteiger partial charge in [0.1, 0.15) is 0 Å². The molecule has 1 aliphatic rings. The lowest BCUT2D eigenvalue weighted by Gasteiger charge is -2.39. The molecule has 2 nitrogen and oxygen atoms in total. The fraction of sp³-hybridized carbons (Fsp3) is 1.00. The molecular formula is C10H22N2. The van der Waals surface area contributed by atoms with Crippen molar-refractivity contribution in [2.75, 3.05) is 20.1 Å². The maximum atomic E-state index is 5.70. The molecule has 72 valence electrons. The van der Waals surface area contributed by atoms with Crippen LogP contribution < -0.4 is 5.73 Å². The van der Waals surface area contributed by atoms with Crippen molar-refractivity contribution in [3.05, 3.63) is 0 Å². The molecule has 0 aromatic heterocycles. The topological polar surface area (TPSA) is 29.3 Å². The molecule has 2 heteroatoms. The van der Waals surface area contributed by atoms with E-state index in [1.54, 1.807) is 0 Å². The number of hydrogen-bond donors (Lipinski definition) is 1. The molecule has 1 saturated carbocycles. The van der Waals surface area contributed by atoms with E-state index in [1.165, 1.54) is 25.8 Å². The van der Waals surface area contributed by atoms with Crippen LogP contribution in [0.25, 0.3) is 0 Å². The van der Waals surface area contributed by atoms with Crippen LogP contribution in [-0.4, -0.2) is 30.6 Å². The average molecular weight is 170 g/mol. The summed E-state index contributed by atoms with van der Waals surface area (Å²) in [6, 6.07) is 0. The lowest BCUT2D eigenvalue weighted by molar-refractivity contribution is 0.112. The van der Waals surface area contributed by atoms with Crippen molar-refractivity contribution in [1.29, 1.82) is 0 Å². The van der Waals surface area contributed by atoms with Gasteiger partial charge in [0.05, 0.1) is 0 Å². The number of likely N-dealkylation sites (N-methyl/N-ethyl adjacent to an activating group) is 1. The molecule has 1 fully saturated rings. The highest BCUT2D eigenvalue weighted by molar-refractivity contribution is 4.83. The quantitative estimate of drug-likeness (QED) is 0.692. The molecule has 0 unspecified atom stereocenters. The minimum atomic E-state index is 0.176. The Morgan fingerprint density at radius 1 is 1.42 bits per heavy atom. The third-order valence-electron chi connectivity index (χ3n) is 3.29. The molecule has 0 aliphatic heterocycles. The van der Waals surface area contributed by atoms with Gasteiger partial charge in [-0.05, 0) is 39.7 Å². The van der Waals surface area contributed by atoms with Crippen LogP contribution in [-0.2, 0) is 0 Å². The Balaban J connectivity index is 2.30. The summed E-state index contributed by atoms with van der Waals surface area (Å²) in [5.74, 6) is 0.945. The predicted octanol–water partition coefficient (Wildman–Crippen LogP) is 1.46. The summed E-state index contributed by atoms with van der Waals surface area (Å²) in [6.45, 7) is 6.40. The Bertz CT molecular complexity index is 139. The summed E-state index contributed by atoms with van der Waals surface area (Å²) in [5, 5.41) is 0. The highest BCUT2D eigenvalue weighted by Gasteiger charge is 2.26. The van der Waals surface area contributed by atoms with Gasteiger partial charge in [-0.1, -0.05) is 6.42 Å². The smallest absolute Gasteiger partial charge is 0.0272 e. The fourth-order valence-corrected chi connectivity index (χ4v) is 1.47. The van der Waals surface area contributed by atoms with Gasteiger partial charge in [-0.3, -0.25) is 4.90 Å². The Hall–Kier alpha value is -0.0800. The molecule has 12 heavy (non-hydrogen) atoms. The first-order valence-corrected chi connectivity index (χ1v) is 4.97. The first-order valence-electron chi connectivity index (χ1n) is 4.97. The molecule has 2 N–H and O–H groups in total. The van der Waals surface area contributed by atoms with E-state index in [0.29, 0.717) is 0 Å². The molecule has 1 rings (SSSR count). The Labute approximate surface area is 76.1 Å². The van der Waals surface area contributed by atoms with Crippen molar-refractivity contribution < 1.29 is 0 Å². The van der Waals surface area contributed by atoms with Crippen molar-refractivity contribution in [3.63, 3.8) is 0 Å². The lowest BCUT2D eigenvalue weighted by Crippen LogP contribution is -2.49. The minimum Gasteiger partial charge on any atom is -0.329 e. The zero-order chi connectivity index (χ0) is 9.19. The van der Waals surface area contributed by atoms with E-state index in [2.05, 4.69) is 25.8 Å². The van der Waals surface area contributed by atoms with Gasteiger partial charge in [-0.2, -0.15) is 0 Å². The van der Waals surface area contributed by atoms with E-state index in [9.17, 15) is 0 Å². The maximum absolute atomic E-state index is 5.70. The zero-order valence-corrected chi connectivity index (χ0v) is 8.64. The third-order valence-corrected chi connectivity index (χ3v) is 3.29. The summed E-state index contributed by atoms with van der Waals surface area (Å²) in [5.41, 5.74) is 5.88. The van der Waals surface area contributed by atoms with Crippen LogP contribution in [0.15, 0.2) is 0 Å². The molecule has 0 atom stereocenters. The molecule has 0 bridgehead atoms. The molecule has 0 aromatic rings. The largest absolute Gasteiger partial charge is 0.329 e. The molecule has 0 heterocycles. The molecule has 0 amide bonds. The average Bonchev–Trinajstić information content (AvgIpc) is 1.96. The van der Waals surface area contributed by atoms with E-state index < -0.39 is 0 Å². The highest BCUT2D eigenvalue weighted by atomic mass is 15.2. The predicted molar refractivity (Wildman–Crippen MR) is 53.1 cm³/mol. The van der Waals surface area contributed by atoms with Crippen LogP contribution >= 0.6 is 0 Å².